The van der Waals surface area contributed by atoms with Crippen LogP contribution in [0.15, 0.2) is 41.8 Å². The van der Waals surface area contributed by atoms with Crippen LogP contribution in [0.5, 0.6) is 0 Å². The molecular weight excluding hydrogens is 286 g/mol. The van der Waals surface area contributed by atoms with Crippen LogP contribution in [-0.4, -0.2) is 30.8 Å². The van der Waals surface area contributed by atoms with Crippen molar-refractivity contribution in [3.63, 3.8) is 0 Å². The molecule has 0 saturated carbocycles. The molecule has 112 valence electrons. The van der Waals surface area contributed by atoms with Gasteiger partial charge in [-0.2, -0.15) is 0 Å². The molecule has 0 radical (unpaired) electrons. The van der Waals surface area contributed by atoms with Gasteiger partial charge < -0.3 is 15.2 Å². The van der Waals surface area contributed by atoms with Crippen LogP contribution in [0, 0.1) is 6.92 Å². The number of carbonyl (C=O) groups is 1. The lowest BCUT2D eigenvalue weighted by Gasteiger charge is -2.18. The predicted octanol–water partition coefficient (Wildman–Crippen LogP) is 2.54. The summed E-state index contributed by atoms with van der Waals surface area (Å²) in [6, 6.07) is 11.6. The molecular formula is C16H19NO3S. The zero-order valence-electron chi connectivity index (χ0n) is 11.9. The fraction of sp³-hybridized carbons (Fsp3) is 0.312. The lowest BCUT2D eigenvalue weighted by atomic mass is 10.1. The van der Waals surface area contributed by atoms with Crippen molar-refractivity contribution in [1.82, 2.24) is 5.32 Å². The summed E-state index contributed by atoms with van der Waals surface area (Å²) < 4.78 is 5.62. The average Bonchev–Trinajstić information content (AvgIpc) is 3.03. The molecule has 0 fully saturated rings. The van der Waals surface area contributed by atoms with E-state index in [9.17, 15) is 4.79 Å². The summed E-state index contributed by atoms with van der Waals surface area (Å²) in [6.07, 6.45) is -0.262. The molecule has 21 heavy (non-hydrogen) atoms. The van der Waals surface area contributed by atoms with Crippen LogP contribution < -0.4 is 5.32 Å². The minimum absolute atomic E-state index is 0.0404. The van der Waals surface area contributed by atoms with Gasteiger partial charge in [-0.25, -0.2) is 0 Å². The van der Waals surface area contributed by atoms with Crippen molar-refractivity contribution < 1.29 is 14.6 Å². The molecule has 1 aromatic heterocycles. The van der Waals surface area contributed by atoms with Gasteiger partial charge in [0.05, 0.1) is 24.2 Å². The molecule has 5 heteroatoms. The van der Waals surface area contributed by atoms with Crippen molar-refractivity contribution in [2.75, 3.05) is 19.8 Å². The molecule has 0 bridgehead atoms. The van der Waals surface area contributed by atoms with E-state index in [0.717, 1.165) is 5.56 Å². The molecule has 0 saturated heterocycles. The minimum atomic E-state index is -0.262. The van der Waals surface area contributed by atoms with E-state index in [1.807, 2.05) is 42.6 Å². The second-order valence-corrected chi connectivity index (χ2v) is 5.63. The number of aliphatic hydroxyl groups is 1. The third kappa shape index (κ3) is 4.67. The second-order valence-electron chi connectivity index (χ2n) is 4.68. The number of thiophene rings is 1. The van der Waals surface area contributed by atoms with Gasteiger partial charge in [-0.05, 0) is 23.9 Å². The molecule has 1 unspecified atom stereocenters. The van der Waals surface area contributed by atoms with Crippen LogP contribution in [0.1, 0.15) is 26.9 Å². The van der Waals surface area contributed by atoms with E-state index in [0.29, 0.717) is 11.4 Å². The molecule has 0 spiro atoms. The summed E-state index contributed by atoms with van der Waals surface area (Å²) in [5.41, 5.74) is 2.16. The van der Waals surface area contributed by atoms with Crippen molar-refractivity contribution in [2.24, 2.45) is 0 Å². The van der Waals surface area contributed by atoms with Crippen molar-refractivity contribution in [3.05, 3.63) is 57.8 Å². The first-order valence-electron chi connectivity index (χ1n) is 6.81. The van der Waals surface area contributed by atoms with E-state index in [1.165, 1.54) is 16.9 Å². The Balaban J connectivity index is 1.99. The van der Waals surface area contributed by atoms with E-state index < -0.39 is 0 Å². The van der Waals surface area contributed by atoms with Crippen LogP contribution in [0.25, 0.3) is 0 Å². The number of amides is 1. The summed E-state index contributed by atoms with van der Waals surface area (Å²) in [4.78, 5) is 12.6. The number of aryl methyl sites for hydroxylation is 1. The molecule has 0 aliphatic heterocycles. The van der Waals surface area contributed by atoms with Gasteiger partial charge >= 0.3 is 0 Å². The van der Waals surface area contributed by atoms with Gasteiger partial charge in [0.25, 0.3) is 5.91 Å². The number of carbonyl (C=O) groups excluding carboxylic acids is 1. The summed E-state index contributed by atoms with van der Waals surface area (Å²) in [6.45, 7) is 2.60. The quantitative estimate of drug-likeness (QED) is 0.826. The van der Waals surface area contributed by atoms with Gasteiger partial charge in [0, 0.05) is 6.54 Å². The maximum absolute atomic E-state index is 12.0. The topological polar surface area (TPSA) is 58.6 Å². The number of nitrogens with one attached hydrogen (secondary N) is 1. The van der Waals surface area contributed by atoms with E-state index in [4.69, 9.17) is 9.84 Å². The standard InChI is InChI=1S/C16H19NO3S/c1-12-4-6-13(7-5-12)14(20-9-8-18)11-17-16(19)15-3-2-10-21-15/h2-7,10,14,18H,8-9,11H2,1H3,(H,17,19). The number of hydrogen-bond donors (Lipinski definition) is 2. The molecule has 0 aliphatic carbocycles. The van der Waals surface area contributed by atoms with Crippen LogP contribution in [-0.2, 0) is 4.74 Å². The summed E-state index contributed by atoms with van der Waals surface area (Å²) in [5, 5.41) is 13.7. The molecule has 1 atom stereocenters. The van der Waals surface area contributed by atoms with Crippen molar-refractivity contribution in [2.45, 2.75) is 13.0 Å². The fourth-order valence-electron chi connectivity index (χ4n) is 1.93. The first-order valence-corrected chi connectivity index (χ1v) is 7.69. The van der Waals surface area contributed by atoms with Gasteiger partial charge in [0.1, 0.15) is 0 Å². The van der Waals surface area contributed by atoms with E-state index in [2.05, 4.69) is 5.32 Å². The highest BCUT2D eigenvalue weighted by molar-refractivity contribution is 7.12. The van der Waals surface area contributed by atoms with Crippen molar-refractivity contribution in [3.8, 4) is 0 Å². The van der Waals surface area contributed by atoms with Gasteiger partial charge in [0.15, 0.2) is 0 Å². The molecule has 1 amide bonds. The Morgan fingerprint density at radius 3 is 2.71 bits per heavy atom. The van der Waals surface area contributed by atoms with Gasteiger partial charge in [-0.3, -0.25) is 4.79 Å². The first kappa shape index (κ1) is 15.7. The summed E-state index contributed by atoms with van der Waals surface area (Å²) >= 11 is 1.41. The Bertz CT molecular complexity index is 551. The highest BCUT2D eigenvalue weighted by Gasteiger charge is 2.14. The number of benzene rings is 1. The van der Waals surface area contributed by atoms with E-state index in [1.54, 1.807) is 6.07 Å². The van der Waals surface area contributed by atoms with Crippen LogP contribution >= 0.6 is 11.3 Å². The molecule has 4 nitrogen and oxygen atoms in total. The van der Waals surface area contributed by atoms with Gasteiger partial charge in [-0.15, -0.1) is 11.3 Å². The second kappa shape index (κ2) is 7.93. The number of ether oxygens (including phenoxy) is 1. The first-order chi connectivity index (χ1) is 10.2. The smallest absolute Gasteiger partial charge is 0.261 e. The van der Waals surface area contributed by atoms with Crippen molar-refractivity contribution in [1.29, 1.82) is 0 Å². The SMILES string of the molecule is Cc1ccc(C(CNC(=O)c2cccs2)OCCO)cc1. The third-order valence-corrected chi connectivity index (χ3v) is 3.92. The van der Waals surface area contributed by atoms with Gasteiger partial charge in [-0.1, -0.05) is 35.9 Å². The van der Waals surface area contributed by atoms with E-state index >= 15 is 0 Å². The number of hydrogen-bond acceptors (Lipinski definition) is 4. The summed E-state index contributed by atoms with van der Waals surface area (Å²) in [5.74, 6) is -0.102. The highest BCUT2D eigenvalue weighted by Crippen LogP contribution is 2.18. The molecule has 1 aromatic carbocycles. The number of rotatable bonds is 7. The molecule has 1 heterocycles. The monoisotopic (exact) mass is 305 g/mol. The Hall–Kier alpha value is -1.69. The zero-order chi connectivity index (χ0) is 15.1. The summed E-state index contributed by atoms with van der Waals surface area (Å²) in [7, 11) is 0. The largest absolute Gasteiger partial charge is 0.394 e. The van der Waals surface area contributed by atoms with Crippen LogP contribution in [0.4, 0.5) is 0 Å². The number of aliphatic hydroxyl groups excluding tert-OH is 1. The molecule has 2 rings (SSSR count). The van der Waals surface area contributed by atoms with Crippen molar-refractivity contribution >= 4 is 17.2 Å². The Kier molecular flexibility index (Phi) is 5.92. The third-order valence-electron chi connectivity index (χ3n) is 3.05. The predicted molar refractivity (Wildman–Crippen MR) is 83.6 cm³/mol. The lowest BCUT2D eigenvalue weighted by molar-refractivity contribution is 0.0277. The maximum Gasteiger partial charge on any atom is 0.261 e. The van der Waals surface area contributed by atoms with Gasteiger partial charge in [0.2, 0.25) is 0 Å². The van der Waals surface area contributed by atoms with E-state index in [-0.39, 0.29) is 25.2 Å². The Morgan fingerprint density at radius 2 is 2.10 bits per heavy atom. The normalized spacial score (nSPS) is 12.1. The highest BCUT2D eigenvalue weighted by atomic mass is 32.1. The Labute approximate surface area is 128 Å². The molecule has 2 aromatic rings. The van der Waals surface area contributed by atoms with Crippen LogP contribution in [0.3, 0.4) is 0 Å². The average molecular weight is 305 g/mol. The minimum Gasteiger partial charge on any atom is -0.394 e. The fourth-order valence-corrected chi connectivity index (χ4v) is 2.57. The molecule has 2 N–H and O–H groups in total. The maximum atomic E-state index is 12.0. The zero-order valence-corrected chi connectivity index (χ0v) is 12.7. The lowest BCUT2D eigenvalue weighted by Crippen LogP contribution is -2.29. The van der Waals surface area contributed by atoms with Crippen LogP contribution in [0.2, 0.25) is 0 Å². The molecule has 0 aliphatic rings. The Morgan fingerprint density at radius 1 is 1.33 bits per heavy atom.